The molecule has 0 bridgehead atoms. The van der Waals surface area contributed by atoms with Crippen LogP contribution in [0.5, 0.6) is 0 Å². The quantitative estimate of drug-likeness (QED) is 0.339. The van der Waals surface area contributed by atoms with E-state index < -0.39 is 23.1 Å². The second kappa shape index (κ2) is 7.64. The number of hydrogen-bond acceptors (Lipinski definition) is 5. The molecule has 30 heavy (non-hydrogen) atoms. The van der Waals surface area contributed by atoms with E-state index in [4.69, 9.17) is 5.11 Å². The highest BCUT2D eigenvalue weighted by Crippen LogP contribution is 2.69. The van der Waals surface area contributed by atoms with Crippen LogP contribution >= 0.6 is 12.6 Å². The van der Waals surface area contributed by atoms with Gasteiger partial charge in [-0.15, -0.1) is 12.6 Å². The monoisotopic (exact) mass is 440 g/mol. The third-order valence-corrected chi connectivity index (χ3v) is 10.8. The molecule has 6 heteroatoms. The van der Waals surface area contributed by atoms with Gasteiger partial charge in [0.15, 0.2) is 0 Å². The summed E-state index contributed by atoms with van der Waals surface area (Å²) in [6.45, 7) is 6.67. The topological polar surface area (TPSA) is 98.0 Å². The van der Waals surface area contributed by atoms with Gasteiger partial charge in [0.25, 0.3) is 0 Å². The van der Waals surface area contributed by atoms with Gasteiger partial charge in [-0.25, -0.2) is 0 Å². The van der Waals surface area contributed by atoms with Crippen molar-refractivity contribution >= 4 is 18.6 Å². The molecule has 4 aliphatic rings. The molecule has 0 spiro atoms. The molecular weight excluding hydrogens is 400 g/mol. The fourth-order valence-electron chi connectivity index (χ4n) is 8.68. The molecule has 4 saturated carbocycles. The Kier molecular flexibility index (Phi) is 5.82. The number of carboxylic acid groups (broad SMARTS) is 1. The Bertz CT molecular complexity index is 683. The first-order chi connectivity index (χ1) is 13.9. The molecule has 0 amide bonds. The Morgan fingerprint density at radius 3 is 2.50 bits per heavy atom. The van der Waals surface area contributed by atoms with E-state index in [1.807, 2.05) is 0 Å². The second-order valence-electron chi connectivity index (χ2n) is 11.7. The zero-order valence-corrected chi connectivity index (χ0v) is 19.5. The van der Waals surface area contributed by atoms with Crippen LogP contribution < -0.4 is 0 Å². The Morgan fingerprint density at radius 2 is 1.83 bits per heavy atom. The molecule has 4 aliphatic carbocycles. The first-order valence-electron chi connectivity index (χ1n) is 11.9. The third kappa shape index (κ3) is 3.45. The van der Waals surface area contributed by atoms with Gasteiger partial charge in [0, 0.05) is 6.42 Å². The minimum absolute atomic E-state index is 0.0220. The summed E-state index contributed by atoms with van der Waals surface area (Å²) in [7, 11) is 0. The van der Waals surface area contributed by atoms with Crippen molar-refractivity contribution in [3.63, 3.8) is 0 Å². The Balaban J connectivity index is 1.61. The minimum atomic E-state index is -0.948. The molecular formula is C24H40O5S. The number of thiol groups is 1. The summed E-state index contributed by atoms with van der Waals surface area (Å²) in [5, 5.41) is 42.5. The van der Waals surface area contributed by atoms with Gasteiger partial charge in [-0.1, -0.05) is 20.8 Å². The summed E-state index contributed by atoms with van der Waals surface area (Å²) < 4.78 is 0. The van der Waals surface area contributed by atoms with E-state index in [2.05, 4.69) is 33.4 Å². The first kappa shape index (κ1) is 22.9. The third-order valence-electron chi connectivity index (χ3n) is 10.4. The molecule has 0 heterocycles. The van der Waals surface area contributed by atoms with E-state index in [9.17, 15) is 20.1 Å². The molecule has 0 radical (unpaired) electrons. The number of fused-ring (bicyclic) bond motifs is 5. The van der Waals surface area contributed by atoms with E-state index in [-0.39, 0.29) is 46.8 Å². The van der Waals surface area contributed by atoms with Crippen molar-refractivity contribution in [1.29, 1.82) is 0 Å². The van der Waals surface area contributed by atoms with Crippen LogP contribution in [-0.4, -0.2) is 43.5 Å². The molecule has 4 N–H and O–H groups in total. The maximum absolute atomic E-state index is 11.5. The first-order valence-corrected chi connectivity index (χ1v) is 12.4. The standard InChI is InChI=1S/C24H40O5S/c1-13(4-7-20(27)28)15-5-6-16-21-17(11-19(26)23(15,16)3)22(2)8-9-24(29,30)12-14(22)10-18(21)25/h13-19,21,25-26,29-30H,4-12H2,1-3H3,(H,27,28)/t13-,14-,15-,16+,17+,18-,19+,21+,22+,23-,24+/m1/s1. The second-order valence-corrected chi connectivity index (χ2v) is 12.5. The van der Waals surface area contributed by atoms with Crippen LogP contribution in [0.15, 0.2) is 0 Å². The zero-order valence-electron chi connectivity index (χ0n) is 18.6. The van der Waals surface area contributed by atoms with Gasteiger partial charge < -0.3 is 20.4 Å². The average Bonchev–Trinajstić information content (AvgIpc) is 3.00. The van der Waals surface area contributed by atoms with Gasteiger partial charge in [-0.05, 0) is 97.7 Å². The van der Waals surface area contributed by atoms with E-state index in [0.29, 0.717) is 38.0 Å². The summed E-state index contributed by atoms with van der Waals surface area (Å²) >= 11 is 4.46. The number of rotatable bonds is 4. The molecule has 0 aromatic heterocycles. The summed E-state index contributed by atoms with van der Waals surface area (Å²) in [4.78, 5) is 10.1. The van der Waals surface area contributed by atoms with Crippen molar-refractivity contribution in [2.24, 2.45) is 46.3 Å². The summed E-state index contributed by atoms with van der Waals surface area (Å²) in [5.74, 6) is 0.735. The van der Waals surface area contributed by atoms with Crippen LogP contribution in [0, 0.1) is 46.3 Å². The Morgan fingerprint density at radius 1 is 1.13 bits per heavy atom. The number of carbonyl (C=O) groups is 1. The maximum atomic E-state index is 11.5. The van der Waals surface area contributed by atoms with Crippen molar-refractivity contribution in [2.75, 3.05) is 0 Å². The molecule has 172 valence electrons. The molecule has 4 fully saturated rings. The lowest BCUT2D eigenvalue weighted by atomic mass is 9.43. The smallest absolute Gasteiger partial charge is 0.303 e. The number of aliphatic carboxylic acids is 1. The van der Waals surface area contributed by atoms with Gasteiger partial charge >= 0.3 is 5.97 Å². The largest absolute Gasteiger partial charge is 0.481 e. The highest BCUT2D eigenvalue weighted by molar-refractivity contribution is 7.81. The molecule has 0 unspecified atom stereocenters. The molecule has 0 aromatic carbocycles. The maximum Gasteiger partial charge on any atom is 0.303 e. The van der Waals surface area contributed by atoms with Crippen molar-refractivity contribution < 1.29 is 25.2 Å². The molecule has 0 saturated heterocycles. The van der Waals surface area contributed by atoms with E-state index in [0.717, 1.165) is 19.3 Å². The van der Waals surface area contributed by atoms with Gasteiger partial charge in [0.05, 0.1) is 12.2 Å². The van der Waals surface area contributed by atoms with E-state index >= 15 is 0 Å². The molecule has 0 aliphatic heterocycles. The minimum Gasteiger partial charge on any atom is -0.481 e. The lowest BCUT2D eigenvalue weighted by molar-refractivity contribution is -0.208. The summed E-state index contributed by atoms with van der Waals surface area (Å²) in [6, 6.07) is 0. The number of hydrogen-bond donors (Lipinski definition) is 5. The summed E-state index contributed by atoms with van der Waals surface area (Å²) in [6.07, 6.45) is 5.58. The summed E-state index contributed by atoms with van der Waals surface area (Å²) in [5.41, 5.74) is -0.240. The Hall–Kier alpha value is -0.300. The lowest BCUT2D eigenvalue weighted by Crippen LogP contribution is -2.62. The van der Waals surface area contributed by atoms with Gasteiger partial charge in [-0.2, -0.15) is 0 Å². The van der Waals surface area contributed by atoms with Gasteiger partial charge in [0.1, 0.15) is 4.93 Å². The van der Waals surface area contributed by atoms with Crippen LogP contribution in [0.4, 0.5) is 0 Å². The fourth-order valence-corrected chi connectivity index (χ4v) is 9.01. The van der Waals surface area contributed by atoms with Gasteiger partial charge in [-0.3, -0.25) is 4.79 Å². The Labute approximate surface area is 186 Å². The van der Waals surface area contributed by atoms with E-state index in [1.165, 1.54) is 0 Å². The number of aliphatic hydroxyl groups excluding tert-OH is 2. The highest BCUT2D eigenvalue weighted by Gasteiger charge is 2.66. The average molecular weight is 441 g/mol. The highest BCUT2D eigenvalue weighted by atomic mass is 32.1. The van der Waals surface area contributed by atoms with Crippen LogP contribution in [0.1, 0.15) is 78.6 Å². The lowest BCUT2D eigenvalue weighted by Gasteiger charge is -2.64. The van der Waals surface area contributed by atoms with Crippen molar-refractivity contribution in [1.82, 2.24) is 0 Å². The SMILES string of the molecule is C[C@H](CCC(=O)O)[C@H]1CC[C@H]2[C@@H]3[C@H](O)C[C@@H]4C[C@@](O)(S)CC[C@]4(C)[C@H]3C[C@H](O)[C@]12C. The zero-order chi connectivity index (χ0) is 22.1. The molecule has 11 atom stereocenters. The van der Waals surface area contributed by atoms with Crippen LogP contribution in [0.2, 0.25) is 0 Å². The number of aliphatic hydroxyl groups is 3. The van der Waals surface area contributed by atoms with Crippen LogP contribution in [0.3, 0.4) is 0 Å². The molecule has 0 aromatic rings. The molecule has 5 nitrogen and oxygen atoms in total. The fraction of sp³-hybridized carbons (Fsp3) is 0.958. The predicted molar refractivity (Wildman–Crippen MR) is 118 cm³/mol. The van der Waals surface area contributed by atoms with Crippen LogP contribution in [0.25, 0.3) is 0 Å². The van der Waals surface area contributed by atoms with Crippen LogP contribution in [-0.2, 0) is 4.79 Å². The normalized spacial score (nSPS) is 54.0. The van der Waals surface area contributed by atoms with Crippen molar-refractivity contribution in [3.8, 4) is 0 Å². The van der Waals surface area contributed by atoms with E-state index in [1.54, 1.807) is 0 Å². The van der Waals surface area contributed by atoms with Gasteiger partial charge in [0.2, 0.25) is 0 Å². The predicted octanol–water partition coefficient (Wildman–Crippen LogP) is 3.71. The van der Waals surface area contributed by atoms with Crippen molar-refractivity contribution in [2.45, 2.75) is 95.7 Å². The molecule has 4 rings (SSSR count). The van der Waals surface area contributed by atoms with Crippen molar-refractivity contribution in [3.05, 3.63) is 0 Å². The number of carboxylic acids is 1.